The molecular weight excluding hydrogens is 402 g/mol. The van der Waals surface area contributed by atoms with Gasteiger partial charge in [0.2, 0.25) is 11.8 Å². The third-order valence-corrected chi connectivity index (χ3v) is 6.45. The molecule has 5 rings (SSSR count). The second-order valence-electron chi connectivity index (χ2n) is 7.94. The van der Waals surface area contributed by atoms with Crippen molar-refractivity contribution >= 4 is 34.7 Å². The van der Waals surface area contributed by atoms with E-state index in [2.05, 4.69) is 10.2 Å². The molecule has 2 aliphatic rings. The fourth-order valence-electron chi connectivity index (χ4n) is 4.53. The van der Waals surface area contributed by atoms with Gasteiger partial charge in [0.15, 0.2) is 5.65 Å². The highest BCUT2D eigenvalue weighted by molar-refractivity contribution is 6.33. The first kappa shape index (κ1) is 19.1. The maximum atomic E-state index is 13.1. The van der Waals surface area contributed by atoms with Gasteiger partial charge in [-0.05, 0) is 37.1 Å². The van der Waals surface area contributed by atoms with E-state index in [1.807, 2.05) is 51.9 Å². The van der Waals surface area contributed by atoms with E-state index in [1.165, 1.54) is 0 Å². The van der Waals surface area contributed by atoms with E-state index in [4.69, 9.17) is 11.6 Å². The summed E-state index contributed by atoms with van der Waals surface area (Å²) in [6, 6.07) is 13.1. The Balaban J connectivity index is 1.24. The zero-order chi connectivity index (χ0) is 20.7. The smallest absolute Gasteiger partial charge is 0.228 e. The van der Waals surface area contributed by atoms with Crippen LogP contribution in [0.1, 0.15) is 31.0 Å². The number of hydrogen-bond acceptors (Lipinski definition) is 4. The van der Waals surface area contributed by atoms with Gasteiger partial charge in [-0.25, -0.2) is 0 Å². The average molecular weight is 424 g/mol. The van der Waals surface area contributed by atoms with E-state index >= 15 is 0 Å². The topological polar surface area (TPSA) is 70.8 Å². The van der Waals surface area contributed by atoms with Gasteiger partial charge in [0, 0.05) is 38.2 Å². The van der Waals surface area contributed by atoms with Crippen molar-refractivity contribution in [3.05, 3.63) is 59.5 Å². The molecule has 4 heterocycles. The lowest BCUT2D eigenvalue weighted by atomic mass is 9.94. The molecule has 2 amide bonds. The normalized spacial score (nSPS) is 20.3. The molecule has 7 nitrogen and oxygen atoms in total. The number of carbonyl (C=O) groups is 2. The summed E-state index contributed by atoms with van der Waals surface area (Å²) in [5, 5.41) is 9.14. The van der Waals surface area contributed by atoms with Gasteiger partial charge in [-0.1, -0.05) is 29.8 Å². The lowest BCUT2D eigenvalue weighted by Gasteiger charge is -2.32. The molecule has 0 saturated carbocycles. The minimum atomic E-state index is -0.320. The second-order valence-corrected chi connectivity index (χ2v) is 8.35. The number of likely N-dealkylation sites (tertiary alicyclic amines) is 1. The Bertz CT molecular complexity index is 1110. The molecule has 0 bridgehead atoms. The highest BCUT2D eigenvalue weighted by atomic mass is 35.5. The van der Waals surface area contributed by atoms with E-state index in [0.717, 1.165) is 24.3 Å². The minimum absolute atomic E-state index is 0.0498. The number of para-hydroxylation sites is 1. The lowest BCUT2D eigenvalue weighted by Crippen LogP contribution is -2.42. The number of nitrogens with zero attached hydrogens (tertiary/aromatic N) is 5. The second kappa shape index (κ2) is 7.72. The van der Waals surface area contributed by atoms with Gasteiger partial charge in [-0.2, -0.15) is 0 Å². The van der Waals surface area contributed by atoms with Crippen LogP contribution in [0.3, 0.4) is 0 Å². The Hall–Kier alpha value is -2.93. The number of carbonyl (C=O) groups excluding carboxylic acids is 2. The number of benzene rings is 1. The Kier molecular flexibility index (Phi) is 4.90. The summed E-state index contributed by atoms with van der Waals surface area (Å²) >= 11 is 6.25. The van der Waals surface area contributed by atoms with Gasteiger partial charge < -0.3 is 9.80 Å². The number of aromatic nitrogens is 3. The van der Waals surface area contributed by atoms with E-state index in [0.29, 0.717) is 30.3 Å². The first-order valence-electron chi connectivity index (χ1n) is 10.2. The summed E-state index contributed by atoms with van der Waals surface area (Å²) in [4.78, 5) is 29.2. The SMILES string of the molecule is O=C([C@H]1CC(=O)N(c2ccccc2Cl)C1)N1CCC(c2nnc3ccccn23)CC1. The molecule has 154 valence electrons. The minimum Gasteiger partial charge on any atom is -0.342 e. The molecule has 3 aromatic rings. The van der Waals surface area contributed by atoms with Crippen LogP contribution in [-0.4, -0.2) is 50.9 Å². The van der Waals surface area contributed by atoms with Crippen LogP contribution >= 0.6 is 11.6 Å². The number of anilines is 1. The van der Waals surface area contributed by atoms with Crippen LogP contribution in [0, 0.1) is 5.92 Å². The number of pyridine rings is 1. The number of hydrogen-bond donors (Lipinski definition) is 0. The predicted octanol–water partition coefficient (Wildman–Crippen LogP) is 3.14. The predicted molar refractivity (Wildman–Crippen MR) is 113 cm³/mol. The summed E-state index contributed by atoms with van der Waals surface area (Å²) in [5.74, 6) is 0.919. The van der Waals surface area contributed by atoms with Crippen molar-refractivity contribution in [2.45, 2.75) is 25.2 Å². The number of rotatable bonds is 3. The molecule has 2 fully saturated rings. The largest absolute Gasteiger partial charge is 0.342 e. The fraction of sp³-hybridized carbons (Fsp3) is 0.364. The Morgan fingerprint density at radius 3 is 2.60 bits per heavy atom. The standard InChI is InChI=1S/C22H22ClN5O2/c23-17-5-1-2-6-18(17)28-14-16(13-20(28)29)22(30)26-11-8-15(9-12-26)21-25-24-19-7-3-4-10-27(19)21/h1-7,10,15-16H,8-9,11-14H2/t16-/m0/s1. The van der Waals surface area contributed by atoms with Gasteiger partial charge in [0.1, 0.15) is 5.82 Å². The molecule has 0 N–H and O–H groups in total. The third-order valence-electron chi connectivity index (χ3n) is 6.13. The molecule has 8 heteroatoms. The van der Waals surface area contributed by atoms with Crippen molar-refractivity contribution in [3.63, 3.8) is 0 Å². The molecule has 0 aliphatic carbocycles. The number of amides is 2. The summed E-state index contributed by atoms with van der Waals surface area (Å²) < 4.78 is 2.03. The molecule has 30 heavy (non-hydrogen) atoms. The Morgan fingerprint density at radius 1 is 1.03 bits per heavy atom. The third kappa shape index (κ3) is 3.33. The Morgan fingerprint density at radius 2 is 1.80 bits per heavy atom. The molecule has 0 radical (unpaired) electrons. The molecule has 2 aliphatic heterocycles. The van der Waals surface area contributed by atoms with Gasteiger partial charge in [-0.3, -0.25) is 14.0 Å². The number of piperidine rings is 1. The maximum Gasteiger partial charge on any atom is 0.228 e. The quantitative estimate of drug-likeness (QED) is 0.648. The van der Waals surface area contributed by atoms with Gasteiger partial charge in [0.25, 0.3) is 0 Å². The lowest BCUT2D eigenvalue weighted by molar-refractivity contribution is -0.136. The van der Waals surface area contributed by atoms with Crippen LogP contribution in [0.25, 0.3) is 5.65 Å². The molecule has 0 unspecified atom stereocenters. The monoisotopic (exact) mass is 423 g/mol. The first-order chi connectivity index (χ1) is 14.6. The first-order valence-corrected chi connectivity index (χ1v) is 10.6. The van der Waals surface area contributed by atoms with Crippen molar-refractivity contribution in [3.8, 4) is 0 Å². The molecular formula is C22H22ClN5O2. The zero-order valence-corrected chi connectivity index (χ0v) is 17.2. The van der Waals surface area contributed by atoms with Gasteiger partial charge in [-0.15, -0.1) is 10.2 Å². The van der Waals surface area contributed by atoms with Crippen LogP contribution in [0.2, 0.25) is 5.02 Å². The molecule has 1 atom stereocenters. The molecule has 0 spiro atoms. The van der Waals surface area contributed by atoms with Crippen molar-refractivity contribution in [1.29, 1.82) is 0 Å². The highest BCUT2D eigenvalue weighted by Crippen LogP contribution is 2.33. The van der Waals surface area contributed by atoms with Crippen LogP contribution < -0.4 is 4.90 Å². The van der Waals surface area contributed by atoms with Crippen molar-refractivity contribution in [2.24, 2.45) is 5.92 Å². The Labute approximate surface area is 179 Å². The van der Waals surface area contributed by atoms with Crippen LogP contribution in [-0.2, 0) is 9.59 Å². The van der Waals surface area contributed by atoms with Crippen LogP contribution in [0.4, 0.5) is 5.69 Å². The van der Waals surface area contributed by atoms with Crippen molar-refractivity contribution < 1.29 is 9.59 Å². The highest BCUT2D eigenvalue weighted by Gasteiger charge is 2.39. The summed E-state index contributed by atoms with van der Waals surface area (Å²) in [5.41, 5.74) is 1.52. The molecule has 2 aromatic heterocycles. The van der Waals surface area contributed by atoms with Crippen molar-refractivity contribution in [1.82, 2.24) is 19.5 Å². The average Bonchev–Trinajstić information content (AvgIpc) is 3.37. The fourth-order valence-corrected chi connectivity index (χ4v) is 4.77. The summed E-state index contributed by atoms with van der Waals surface area (Å²) in [7, 11) is 0. The maximum absolute atomic E-state index is 13.1. The summed E-state index contributed by atoms with van der Waals surface area (Å²) in [6.45, 7) is 1.72. The zero-order valence-electron chi connectivity index (χ0n) is 16.4. The van der Waals surface area contributed by atoms with E-state index in [1.54, 1.807) is 11.0 Å². The summed E-state index contributed by atoms with van der Waals surface area (Å²) in [6.07, 6.45) is 3.90. The molecule has 1 aromatic carbocycles. The van der Waals surface area contributed by atoms with Crippen LogP contribution in [0.5, 0.6) is 0 Å². The number of fused-ring (bicyclic) bond motifs is 1. The van der Waals surface area contributed by atoms with E-state index in [-0.39, 0.29) is 30.1 Å². The van der Waals surface area contributed by atoms with Gasteiger partial charge >= 0.3 is 0 Å². The van der Waals surface area contributed by atoms with E-state index < -0.39 is 0 Å². The van der Waals surface area contributed by atoms with Gasteiger partial charge in [0.05, 0.1) is 16.6 Å². The molecule has 2 saturated heterocycles. The van der Waals surface area contributed by atoms with E-state index in [9.17, 15) is 9.59 Å². The van der Waals surface area contributed by atoms with Crippen LogP contribution in [0.15, 0.2) is 48.7 Å². The number of halogens is 1. The van der Waals surface area contributed by atoms with Crippen molar-refractivity contribution in [2.75, 3.05) is 24.5 Å².